The summed E-state index contributed by atoms with van der Waals surface area (Å²) in [4.78, 5) is 21.4. The smallest absolute Gasteiger partial charge is 0.373 e. The van der Waals surface area contributed by atoms with Crippen molar-refractivity contribution in [2.45, 2.75) is 40.2 Å². The maximum atomic E-state index is 11.7. The van der Waals surface area contributed by atoms with Crippen LogP contribution in [0.4, 0.5) is 0 Å². The summed E-state index contributed by atoms with van der Waals surface area (Å²) in [6.45, 7) is 9.73. The number of carbonyl (C=O) groups excluding carboxylic acids is 1. The Hall–Kier alpha value is -1.39. The number of hydrogen-bond donors (Lipinski definition) is 0. The summed E-state index contributed by atoms with van der Waals surface area (Å²) in [6.07, 6.45) is 0.496. The standard InChI is InChI=1S/C15H21O4/c1-11-7-6-8-13(9-11)14(16)19-18-12(2)10-17-15(3,4)5/h6-9H,10H2,1-5H3. The zero-order valence-electron chi connectivity index (χ0n) is 12.1. The van der Waals surface area contributed by atoms with Crippen LogP contribution < -0.4 is 0 Å². The zero-order valence-corrected chi connectivity index (χ0v) is 12.1. The van der Waals surface area contributed by atoms with E-state index in [4.69, 9.17) is 14.5 Å². The van der Waals surface area contributed by atoms with Crippen LogP contribution in [-0.4, -0.2) is 18.2 Å². The molecule has 105 valence electrons. The third-order valence-electron chi connectivity index (χ3n) is 2.22. The fraction of sp³-hybridized carbons (Fsp3) is 0.467. The van der Waals surface area contributed by atoms with Crippen LogP contribution in [0.2, 0.25) is 0 Å². The number of rotatable bonds is 5. The number of ether oxygens (including phenoxy) is 1. The van der Waals surface area contributed by atoms with E-state index in [2.05, 4.69) is 0 Å². The topological polar surface area (TPSA) is 44.8 Å². The molecule has 0 saturated heterocycles. The molecule has 4 heteroatoms. The minimum Gasteiger partial charge on any atom is -0.373 e. The molecule has 0 atom stereocenters. The summed E-state index contributed by atoms with van der Waals surface area (Å²) in [5, 5.41) is 0. The van der Waals surface area contributed by atoms with Crippen LogP contribution in [0.25, 0.3) is 0 Å². The fourth-order valence-corrected chi connectivity index (χ4v) is 1.27. The monoisotopic (exact) mass is 265 g/mol. The van der Waals surface area contributed by atoms with Crippen molar-refractivity contribution in [2.24, 2.45) is 0 Å². The van der Waals surface area contributed by atoms with Crippen molar-refractivity contribution in [2.75, 3.05) is 6.61 Å². The lowest BCUT2D eigenvalue weighted by Crippen LogP contribution is -2.23. The van der Waals surface area contributed by atoms with E-state index in [0.717, 1.165) is 5.56 Å². The van der Waals surface area contributed by atoms with Gasteiger partial charge < -0.3 is 4.74 Å². The molecule has 0 amide bonds. The van der Waals surface area contributed by atoms with Gasteiger partial charge in [-0.3, -0.25) is 4.89 Å². The van der Waals surface area contributed by atoms with E-state index in [-0.39, 0.29) is 12.2 Å². The van der Waals surface area contributed by atoms with Gasteiger partial charge in [0.05, 0.1) is 17.8 Å². The Morgan fingerprint density at radius 3 is 2.47 bits per heavy atom. The molecule has 0 aliphatic heterocycles. The average Bonchev–Trinajstić information content (AvgIpc) is 2.32. The van der Waals surface area contributed by atoms with E-state index in [9.17, 15) is 4.79 Å². The number of carbonyl (C=O) groups is 1. The normalized spacial score (nSPS) is 11.7. The molecule has 0 bridgehead atoms. The van der Waals surface area contributed by atoms with E-state index < -0.39 is 5.97 Å². The Labute approximate surface area is 114 Å². The summed E-state index contributed by atoms with van der Waals surface area (Å²) in [5.41, 5.74) is 1.20. The molecule has 1 aromatic rings. The predicted octanol–water partition coefficient (Wildman–Crippen LogP) is 3.45. The van der Waals surface area contributed by atoms with Gasteiger partial charge in [0.2, 0.25) is 0 Å². The van der Waals surface area contributed by atoms with E-state index in [1.54, 1.807) is 25.1 Å². The SMILES string of the molecule is C[C](COC(C)(C)C)OOC(=O)c1cccc(C)c1. The Bertz CT molecular complexity index is 420. The first-order valence-corrected chi connectivity index (χ1v) is 6.20. The van der Waals surface area contributed by atoms with Crippen molar-refractivity contribution in [3.05, 3.63) is 41.5 Å². The predicted molar refractivity (Wildman–Crippen MR) is 72.3 cm³/mol. The van der Waals surface area contributed by atoms with Gasteiger partial charge in [-0.25, -0.2) is 4.79 Å². The van der Waals surface area contributed by atoms with Crippen molar-refractivity contribution >= 4 is 5.97 Å². The molecule has 4 nitrogen and oxygen atoms in total. The van der Waals surface area contributed by atoms with Crippen LogP contribution in [0.15, 0.2) is 24.3 Å². The van der Waals surface area contributed by atoms with Gasteiger partial charge in [0, 0.05) is 0 Å². The van der Waals surface area contributed by atoms with Crippen molar-refractivity contribution in [3.8, 4) is 0 Å². The summed E-state index contributed by atoms with van der Waals surface area (Å²) >= 11 is 0. The highest BCUT2D eigenvalue weighted by Crippen LogP contribution is 2.13. The van der Waals surface area contributed by atoms with Crippen LogP contribution in [0, 0.1) is 13.0 Å². The molecule has 0 aromatic heterocycles. The quantitative estimate of drug-likeness (QED) is 0.604. The summed E-state index contributed by atoms with van der Waals surface area (Å²) in [6, 6.07) is 7.13. The number of aryl methyl sites for hydroxylation is 1. The van der Waals surface area contributed by atoms with Crippen molar-refractivity contribution in [1.82, 2.24) is 0 Å². The second-order valence-electron chi connectivity index (χ2n) is 5.43. The molecule has 1 rings (SSSR count). The lowest BCUT2D eigenvalue weighted by molar-refractivity contribution is -0.242. The molecular formula is C15H21O4. The molecule has 1 aromatic carbocycles. The van der Waals surface area contributed by atoms with Crippen molar-refractivity contribution in [1.29, 1.82) is 0 Å². The lowest BCUT2D eigenvalue weighted by Gasteiger charge is -2.21. The van der Waals surface area contributed by atoms with Crippen LogP contribution in [-0.2, 0) is 14.5 Å². The van der Waals surface area contributed by atoms with E-state index in [0.29, 0.717) is 11.7 Å². The van der Waals surface area contributed by atoms with Gasteiger partial charge in [-0.15, -0.1) is 0 Å². The lowest BCUT2D eigenvalue weighted by atomic mass is 10.1. The Balaban J connectivity index is 2.38. The minimum absolute atomic E-state index is 0.259. The highest BCUT2D eigenvalue weighted by atomic mass is 17.2. The highest BCUT2D eigenvalue weighted by molar-refractivity contribution is 5.89. The molecule has 0 aliphatic carbocycles. The first-order chi connectivity index (χ1) is 8.78. The van der Waals surface area contributed by atoms with Gasteiger partial charge in [-0.1, -0.05) is 17.7 Å². The molecule has 0 heterocycles. The Morgan fingerprint density at radius 1 is 1.21 bits per heavy atom. The highest BCUT2D eigenvalue weighted by Gasteiger charge is 2.16. The first-order valence-electron chi connectivity index (χ1n) is 6.20. The van der Waals surface area contributed by atoms with Crippen LogP contribution >= 0.6 is 0 Å². The van der Waals surface area contributed by atoms with Crippen LogP contribution in [0.1, 0.15) is 43.6 Å². The average molecular weight is 265 g/mol. The van der Waals surface area contributed by atoms with Gasteiger partial charge in [0.15, 0.2) is 6.10 Å². The molecule has 0 fully saturated rings. The molecule has 19 heavy (non-hydrogen) atoms. The van der Waals surface area contributed by atoms with E-state index >= 15 is 0 Å². The van der Waals surface area contributed by atoms with Gasteiger partial charge in [0.1, 0.15) is 0 Å². The Kier molecular flexibility index (Phi) is 5.51. The molecule has 0 saturated carbocycles. The second kappa shape index (κ2) is 6.68. The van der Waals surface area contributed by atoms with Gasteiger partial charge in [0.25, 0.3) is 0 Å². The second-order valence-corrected chi connectivity index (χ2v) is 5.43. The summed E-state index contributed by atoms with van der Waals surface area (Å²) < 4.78 is 5.49. The maximum Gasteiger partial charge on any atom is 0.373 e. The zero-order chi connectivity index (χ0) is 14.5. The Morgan fingerprint density at radius 2 is 1.89 bits per heavy atom. The molecule has 0 N–H and O–H groups in total. The number of benzene rings is 1. The fourth-order valence-electron chi connectivity index (χ4n) is 1.27. The first kappa shape index (κ1) is 15.7. The van der Waals surface area contributed by atoms with E-state index in [1.807, 2.05) is 33.8 Å². The largest absolute Gasteiger partial charge is 0.373 e. The van der Waals surface area contributed by atoms with Crippen molar-refractivity contribution < 1.29 is 19.3 Å². The maximum absolute atomic E-state index is 11.7. The summed E-state index contributed by atoms with van der Waals surface area (Å²) in [5.74, 6) is -0.515. The molecular weight excluding hydrogens is 244 g/mol. The van der Waals surface area contributed by atoms with Crippen LogP contribution in [0.3, 0.4) is 0 Å². The van der Waals surface area contributed by atoms with Gasteiger partial charge in [-0.05, 0) is 46.8 Å². The van der Waals surface area contributed by atoms with Gasteiger partial charge in [-0.2, -0.15) is 4.89 Å². The third kappa shape index (κ3) is 6.36. The third-order valence-corrected chi connectivity index (χ3v) is 2.22. The van der Waals surface area contributed by atoms with Crippen molar-refractivity contribution in [3.63, 3.8) is 0 Å². The molecule has 0 spiro atoms. The molecule has 0 aliphatic rings. The van der Waals surface area contributed by atoms with E-state index in [1.165, 1.54) is 0 Å². The number of hydrogen-bond acceptors (Lipinski definition) is 4. The molecule has 1 radical (unpaired) electrons. The molecule has 0 unspecified atom stereocenters. The van der Waals surface area contributed by atoms with Gasteiger partial charge >= 0.3 is 5.97 Å². The summed E-state index contributed by atoms with van der Waals surface area (Å²) in [7, 11) is 0. The van der Waals surface area contributed by atoms with Crippen LogP contribution in [0.5, 0.6) is 0 Å². The minimum atomic E-state index is -0.515.